The maximum absolute atomic E-state index is 10.0. The van der Waals surface area contributed by atoms with Gasteiger partial charge in [-0.05, 0) is 24.1 Å². The van der Waals surface area contributed by atoms with Gasteiger partial charge in [-0.2, -0.15) is 0 Å². The molecule has 1 N–H and O–H groups in total. The Balaban J connectivity index is 2.75. The fraction of sp³-hybridized carbons (Fsp3) is 0.222. The summed E-state index contributed by atoms with van der Waals surface area (Å²) in [6.07, 6.45) is 0.706. The van der Waals surface area contributed by atoms with Gasteiger partial charge in [0.15, 0.2) is 0 Å². The van der Waals surface area contributed by atoms with Crippen LogP contribution in [0.25, 0.3) is 0 Å². The van der Waals surface area contributed by atoms with Crippen molar-refractivity contribution in [3.05, 3.63) is 33.8 Å². The molecule has 0 bridgehead atoms. The summed E-state index contributed by atoms with van der Waals surface area (Å²) in [5.41, 5.74) is 2.29. The van der Waals surface area contributed by atoms with E-state index in [9.17, 15) is 4.79 Å². The first-order valence-electron chi connectivity index (χ1n) is 3.66. The highest BCUT2D eigenvalue weighted by Crippen LogP contribution is 2.16. The average molecular weight is 228 g/mol. The minimum absolute atomic E-state index is 0.595. The van der Waals surface area contributed by atoms with Gasteiger partial charge in [0, 0.05) is 11.0 Å². The second-order valence-corrected chi connectivity index (χ2v) is 3.44. The molecule has 0 radical (unpaired) electrons. The zero-order valence-corrected chi connectivity index (χ0v) is 8.39. The zero-order chi connectivity index (χ0) is 8.97. The Morgan fingerprint density at radius 2 is 2.33 bits per heavy atom. The Hall–Kier alpha value is -0.830. The van der Waals surface area contributed by atoms with Crippen LogP contribution < -0.4 is 5.32 Å². The van der Waals surface area contributed by atoms with Crippen molar-refractivity contribution in [2.75, 3.05) is 0 Å². The number of carbonyl (C=O) groups excluding carboxylic acids is 1. The van der Waals surface area contributed by atoms with Gasteiger partial charge in [0.1, 0.15) is 0 Å². The maximum Gasteiger partial charge on any atom is 0.207 e. The molecule has 64 valence electrons. The molecule has 0 fully saturated rings. The third-order valence-corrected chi connectivity index (χ3v) is 2.50. The highest BCUT2D eigenvalue weighted by atomic mass is 79.9. The number of hydrogen-bond donors (Lipinski definition) is 1. The molecular weight excluding hydrogens is 218 g/mol. The number of nitrogens with one attached hydrogen (secondary N) is 1. The Kier molecular flexibility index (Phi) is 3.29. The quantitative estimate of drug-likeness (QED) is 0.787. The van der Waals surface area contributed by atoms with Crippen molar-refractivity contribution in [2.45, 2.75) is 13.5 Å². The highest BCUT2D eigenvalue weighted by molar-refractivity contribution is 9.10. The lowest BCUT2D eigenvalue weighted by molar-refractivity contribution is -0.109. The Morgan fingerprint density at radius 3 is 2.92 bits per heavy atom. The smallest absolute Gasteiger partial charge is 0.207 e. The van der Waals surface area contributed by atoms with Crippen LogP contribution in [0.1, 0.15) is 11.1 Å². The van der Waals surface area contributed by atoms with Gasteiger partial charge >= 0.3 is 0 Å². The molecule has 1 amide bonds. The fourth-order valence-electron chi connectivity index (χ4n) is 0.976. The van der Waals surface area contributed by atoms with Gasteiger partial charge in [-0.3, -0.25) is 4.79 Å². The molecule has 1 aromatic rings. The molecule has 0 heterocycles. The van der Waals surface area contributed by atoms with E-state index in [0.717, 1.165) is 10.0 Å². The number of amides is 1. The van der Waals surface area contributed by atoms with Crippen molar-refractivity contribution >= 4 is 22.3 Å². The van der Waals surface area contributed by atoms with Crippen molar-refractivity contribution in [2.24, 2.45) is 0 Å². The van der Waals surface area contributed by atoms with Gasteiger partial charge in [0.05, 0.1) is 0 Å². The first kappa shape index (κ1) is 9.26. The van der Waals surface area contributed by atoms with Gasteiger partial charge < -0.3 is 5.32 Å². The van der Waals surface area contributed by atoms with E-state index in [-0.39, 0.29) is 0 Å². The summed E-state index contributed by atoms with van der Waals surface area (Å²) in [5, 5.41) is 2.62. The molecule has 3 heteroatoms. The molecule has 12 heavy (non-hydrogen) atoms. The van der Waals surface area contributed by atoms with Crippen LogP contribution in [0.4, 0.5) is 0 Å². The van der Waals surface area contributed by atoms with Gasteiger partial charge in [0.2, 0.25) is 6.41 Å². The van der Waals surface area contributed by atoms with E-state index < -0.39 is 0 Å². The number of hydrogen-bond acceptors (Lipinski definition) is 1. The summed E-state index contributed by atoms with van der Waals surface area (Å²) in [4.78, 5) is 10.0. The van der Waals surface area contributed by atoms with Crippen molar-refractivity contribution < 1.29 is 4.79 Å². The van der Waals surface area contributed by atoms with E-state index in [1.165, 1.54) is 5.56 Å². The molecule has 0 aliphatic carbocycles. The van der Waals surface area contributed by atoms with Crippen LogP contribution in [0, 0.1) is 6.92 Å². The summed E-state index contributed by atoms with van der Waals surface area (Å²) in [7, 11) is 0. The second kappa shape index (κ2) is 4.26. The fourth-order valence-corrected chi connectivity index (χ4v) is 1.22. The van der Waals surface area contributed by atoms with Crippen LogP contribution in [0.3, 0.4) is 0 Å². The summed E-state index contributed by atoms with van der Waals surface area (Å²) in [6, 6.07) is 6.01. The number of aryl methyl sites for hydroxylation is 1. The summed E-state index contributed by atoms with van der Waals surface area (Å²) in [6.45, 7) is 2.62. The van der Waals surface area contributed by atoms with E-state index in [4.69, 9.17) is 0 Å². The number of benzene rings is 1. The lowest BCUT2D eigenvalue weighted by Crippen LogP contribution is -2.09. The molecule has 0 aliphatic heterocycles. The molecule has 0 unspecified atom stereocenters. The van der Waals surface area contributed by atoms with E-state index in [1.54, 1.807) is 0 Å². The van der Waals surface area contributed by atoms with Crippen LogP contribution in [0.5, 0.6) is 0 Å². The monoisotopic (exact) mass is 227 g/mol. The predicted octanol–water partition coefficient (Wildman–Crippen LogP) is 2.00. The topological polar surface area (TPSA) is 29.1 Å². The number of halogens is 1. The lowest BCUT2D eigenvalue weighted by Gasteiger charge is -2.02. The minimum atomic E-state index is 0.595. The molecule has 0 saturated carbocycles. The molecule has 1 aromatic carbocycles. The summed E-state index contributed by atoms with van der Waals surface area (Å²) < 4.78 is 1.09. The van der Waals surface area contributed by atoms with E-state index >= 15 is 0 Å². The van der Waals surface area contributed by atoms with Crippen molar-refractivity contribution in [3.63, 3.8) is 0 Å². The number of carbonyl (C=O) groups is 1. The third kappa shape index (κ3) is 2.34. The first-order valence-corrected chi connectivity index (χ1v) is 4.45. The molecular formula is C9H10BrNO. The van der Waals surface area contributed by atoms with Gasteiger partial charge in [-0.1, -0.05) is 28.1 Å². The zero-order valence-electron chi connectivity index (χ0n) is 6.80. The largest absolute Gasteiger partial charge is 0.355 e. The van der Waals surface area contributed by atoms with Crippen molar-refractivity contribution in [1.29, 1.82) is 0 Å². The summed E-state index contributed by atoms with van der Waals surface area (Å²) in [5.74, 6) is 0. The average Bonchev–Trinajstić information content (AvgIpc) is 2.07. The SMILES string of the molecule is Cc1cc(CNC=O)ccc1Br. The Morgan fingerprint density at radius 1 is 1.58 bits per heavy atom. The maximum atomic E-state index is 10.0. The van der Waals surface area contributed by atoms with E-state index in [1.807, 2.05) is 25.1 Å². The highest BCUT2D eigenvalue weighted by Gasteiger charge is 1.95. The Labute approximate surface area is 80.1 Å². The molecule has 0 aliphatic rings. The van der Waals surface area contributed by atoms with Crippen LogP contribution in [0.15, 0.2) is 22.7 Å². The normalized spacial score (nSPS) is 9.50. The molecule has 0 aromatic heterocycles. The lowest BCUT2D eigenvalue weighted by atomic mass is 10.1. The minimum Gasteiger partial charge on any atom is -0.355 e. The predicted molar refractivity (Wildman–Crippen MR) is 51.8 cm³/mol. The van der Waals surface area contributed by atoms with Crippen molar-refractivity contribution in [3.8, 4) is 0 Å². The summed E-state index contributed by atoms with van der Waals surface area (Å²) >= 11 is 3.41. The van der Waals surface area contributed by atoms with Gasteiger partial charge in [-0.15, -0.1) is 0 Å². The molecule has 0 atom stereocenters. The van der Waals surface area contributed by atoms with Crippen LogP contribution in [0.2, 0.25) is 0 Å². The van der Waals surface area contributed by atoms with Crippen LogP contribution >= 0.6 is 15.9 Å². The van der Waals surface area contributed by atoms with Crippen LogP contribution in [-0.4, -0.2) is 6.41 Å². The van der Waals surface area contributed by atoms with E-state index in [2.05, 4.69) is 21.2 Å². The molecule has 1 rings (SSSR count). The first-order chi connectivity index (χ1) is 5.74. The van der Waals surface area contributed by atoms with Gasteiger partial charge in [-0.25, -0.2) is 0 Å². The molecule has 0 spiro atoms. The Bertz CT molecular complexity index is 286. The van der Waals surface area contributed by atoms with E-state index in [0.29, 0.717) is 13.0 Å². The molecule has 0 saturated heterocycles. The standard InChI is InChI=1S/C9H10BrNO/c1-7-4-8(5-11-6-12)2-3-9(7)10/h2-4,6H,5H2,1H3,(H,11,12). The van der Waals surface area contributed by atoms with Crippen LogP contribution in [-0.2, 0) is 11.3 Å². The molecule has 2 nitrogen and oxygen atoms in total. The van der Waals surface area contributed by atoms with Gasteiger partial charge in [0.25, 0.3) is 0 Å². The number of rotatable bonds is 3. The third-order valence-electron chi connectivity index (χ3n) is 1.61. The second-order valence-electron chi connectivity index (χ2n) is 2.58. The van der Waals surface area contributed by atoms with Crippen molar-refractivity contribution in [1.82, 2.24) is 5.32 Å².